The van der Waals surface area contributed by atoms with Gasteiger partial charge in [0.25, 0.3) is 5.91 Å². The van der Waals surface area contributed by atoms with E-state index < -0.39 is 11.4 Å². The molecule has 3 nitrogen and oxygen atoms in total. The first kappa shape index (κ1) is 16.9. The fourth-order valence-corrected chi connectivity index (χ4v) is 3.09. The molecule has 0 saturated carbocycles. The molecule has 1 saturated heterocycles. The standard InChI is InChI=1S/C19H19ClFNO2/c1-19(2)12-24-17(13-6-5-7-14(20)10-13)11-22(19)18(23)15-8-3-4-9-16(15)21/h3-10,17H,11-12H2,1-2H3. The van der Waals surface area contributed by atoms with E-state index in [1.807, 2.05) is 32.0 Å². The molecule has 1 fully saturated rings. The normalized spacial score (nSPS) is 20.0. The molecular formula is C19H19ClFNO2. The fourth-order valence-electron chi connectivity index (χ4n) is 2.89. The molecular weight excluding hydrogens is 329 g/mol. The minimum Gasteiger partial charge on any atom is -0.369 e. The Bertz CT molecular complexity index is 763. The maximum Gasteiger partial charge on any atom is 0.257 e. The summed E-state index contributed by atoms with van der Waals surface area (Å²) in [7, 11) is 0. The maximum atomic E-state index is 14.0. The van der Waals surface area contributed by atoms with Gasteiger partial charge in [-0.25, -0.2) is 4.39 Å². The van der Waals surface area contributed by atoms with Crippen LogP contribution in [0.4, 0.5) is 4.39 Å². The maximum absolute atomic E-state index is 14.0. The van der Waals surface area contributed by atoms with Crippen LogP contribution in [0.2, 0.25) is 5.02 Å². The highest BCUT2D eigenvalue weighted by atomic mass is 35.5. The summed E-state index contributed by atoms with van der Waals surface area (Å²) in [6, 6.07) is 13.4. The van der Waals surface area contributed by atoms with Crippen molar-refractivity contribution in [3.05, 3.63) is 70.5 Å². The van der Waals surface area contributed by atoms with Crippen LogP contribution in [0, 0.1) is 5.82 Å². The molecule has 0 radical (unpaired) electrons. The summed E-state index contributed by atoms with van der Waals surface area (Å²) in [4.78, 5) is 14.6. The molecule has 24 heavy (non-hydrogen) atoms. The zero-order valence-corrected chi connectivity index (χ0v) is 14.4. The van der Waals surface area contributed by atoms with Crippen LogP contribution in [0.1, 0.15) is 35.9 Å². The van der Waals surface area contributed by atoms with Crippen LogP contribution in [0.25, 0.3) is 0 Å². The number of morpholine rings is 1. The third-order valence-electron chi connectivity index (χ3n) is 4.29. The molecule has 1 amide bonds. The van der Waals surface area contributed by atoms with Crippen LogP contribution in [-0.4, -0.2) is 29.5 Å². The van der Waals surface area contributed by atoms with Crippen molar-refractivity contribution >= 4 is 17.5 Å². The molecule has 1 heterocycles. The summed E-state index contributed by atoms with van der Waals surface area (Å²) in [6.07, 6.45) is -0.285. The number of amides is 1. The number of halogens is 2. The zero-order chi connectivity index (χ0) is 17.3. The summed E-state index contributed by atoms with van der Waals surface area (Å²) in [5.41, 5.74) is 0.468. The number of carbonyl (C=O) groups excluding carboxylic acids is 1. The SMILES string of the molecule is CC1(C)COC(c2cccc(Cl)c2)CN1C(=O)c1ccccc1F. The molecule has 1 aliphatic heterocycles. The van der Waals surface area contributed by atoms with Crippen LogP contribution in [0.3, 0.4) is 0 Å². The van der Waals surface area contributed by atoms with E-state index in [0.717, 1.165) is 5.56 Å². The van der Waals surface area contributed by atoms with Crippen molar-refractivity contribution in [2.45, 2.75) is 25.5 Å². The first-order valence-corrected chi connectivity index (χ1v) is 8.20. The van der Waals surface area contributed by atoms with Gasteiger partial charge in [0, 0.05) is 5.02 Å². The number of carbonyl (C=O) groups is 1. The molecule has 0 aliphatic carbocycles. The number of benzene rings is 2. The summed E-state index contributed by atoms with van der Waals surface area (Å²) in [6.45, 7) is 4.55. The molecule has 5 heteroatoms. The number of rotatable bonds is 2. The van der Waals surface area contributed by atoms with Gasteiger partial charge in [0.2, 0.25) is 0 Å². The van der Waals surface area contributed by atoms with Crippen molar-refractivity contribution in [2.24, 2.45) is 0 Å². The lowest BCUT2D eigenvalue weighted by Crippen LogP contribution is -2.56. The van der Waals surface area contributed by atoms with Crippen LogP contribution in [-0.2, 0) is 4.74 Å². The van der Waals surface area contributed by atoms with E-state index in [9.17, 15) is 9.18 Å². The van der Waals surface area contributed by atoms with Crippen LogP contribution in [0.5, 0.6) is 0 Å². The Morgan fingerprint density at radius 2 is 2.00 bits per heavy atom. The van der Waals surface area contributed by atoms with Gasteiger partial charge in [-0.05, 0) is 43.7 Å². The predicted molar refractivity (Wildman–Crippen MR) is 91.7 cm³/mol. The first-order valence-electron chi connectivity index (χ1n) is 7.82. The molecule has 0 bridgehead atoms. The molecule has 3 rings (SSSR count). The van der Waals surface area contributed by atoms with E-state index in [1.54, 1.807) is 23.1 Å². The average Bonchev–Trinajstić information content (AvgIpc) is 2.54. The molecule has 1 atom stereocenters. The van der Waals surface area contributed by atoms with Gasteiger partial charge in [0.1, 0.15) is 11.9 Å². The smallest absolute Gasteiger partial charge is 0.257 e. The highest BCUT2D eigenvalue weighted by molar-refractivity contribution is 6.30. The number of nitrogens with zero attached hydrogens (tertiary/aromatic N) is 1. The van der Waals surface area contributed by atoms with Crippen molar-refractivity contribution in [3.63, 3.8) is 0 Å². The lowest BCUT2D eigenvalue weighted by molar-refractivity contribution is -0.0847. The van der Waals surface area contributed by atoms with E-state index in [2.05, 4.69) is 0 Å². The summed E-state index contributed by atoms with van der Waals surface area (Å²) in [5.74, 6) is -0.836. The van der Waals surface area contributed by atoms with E-state index in [4.69, 9.17) is 16.3 Å². The van der Waals surface area contributed by atoms with Gasteiger partial charge < -0.3 is 9.64 Å². The van der Waals surface area contributed by atoms with Crippen LogP contribution < -0.4 is 0 Å². The van der Waals surface area contributed by atoms with Gasteiger partial charge >= 0.3 is 0 Å². The van der Waals surface area contributed by atoms with E-state index in [-0.39, 0.29) is 17.6 Å². The molecule has 0 aromatic heterocycles. The van der Waals surface area contributed by atoms with Gasteiger partial charge in [-0.15, -0.1) is 0 Å². The number of hydrogen-bond donors (Lipinski definition) is 0. The van der Waals surface area contributed by atoms with Crippen LogP contribution in [0.15, 0.2) is 48.5 Å². The Hall–Kier alpha value is -1.91. The van der Waals surface area contributed by atoms with Gasteiger partial charge in [-0.2, -0.15) is 0 Å². The van der Waals surface area contributed by atoms with Gasteiger partial charge in [0.15, 0.2) is 0 Å². The molecule has 0 N–H and O–H groups in total. The van der Waals surface area contributed by atoms with Gasteiger partial charge in [-0.3, -0.25) is 4.79 Å². The van der Waals surface area contributed by atoms with Crippen molar-refractivity contribution in [1.82, 2.24) is 4.90 Å². The summed E-state index contributed by atoms with van der Waals surface area (Å²) < 4.78 is 20.0. The Kier molecular flexibility index (Phi) is 4.61. The number of hydrogen-bond acceptors (Lipinski definition) is 2. The second-order valence-electron chi connectivity index (χ2n) is 6.56. The second kappa shape index (κ2) is 6.54. The third-order valence-corrected chi connectivity index (χ3v) is 4.52. The van der Waals surface area contributed by atoms with Gasteiger partial charge in [-0.1, -0.05) is 35.9 Å². The van der Waals surface area contributed by atoms with E-state index in [1.165, 1.54) is 12.1 Å². The molecule has 126 valence electrons. The van der Waals surface area contributed by atoms with E-state index >= 15 is 0 Å². The average molecular weight is 348 g/mol. The Labute approximate surface area is 146 Å². The first-order chi connectivity index (χ1) is 11.4. The quantitative estimate of drug-likeness (QED) is 0.802. The third kappa shape index (κ3) is 3.30. The minimum atomic E-state index is -0.519. The monoisotopic (exact) mass is 347 g/mol. The van der Waals surface area contributed by atoms with Crippen molar-refractivity contribution < 1.29 is 13.9 Å². The lowest BCUT2D eigenvalue weighted by atomic mass is 9.96. The van der Waals surface area contributed by atoms with Crippen LogP contribution >= 0.6 is 11.6 Å². The predicted octanol–water partition coefficient (Wildman–Crippen LogP) is 4.47. The summed E-state index contributed by atoms with van der Waals surface area (Å²) in [5, 5.41) is 0.618. The highest BCUT2D eigenvalue weighted by Crippen LogP contribution is 2.32. The second-order valence-corrected chi connectivity index (χ2v) is 7.00. The lowest BCUT2D eigenvalue weighted by Gasteiger charge is -2.45. The molecule has 1 aliphatic rings. The molecule has 2 aromatic carbocycles. The highest BCUT2D eigenvalue weighted by Gasteiger charge is 2.39. The molecule has 2 aromatic rings. The van der Waals surface area contributed by atoms with Crippen molar-refractivity contribution in [3.8, 4) is 0 Å². The summed E-state index contributed by atoms with van der Waals surface area (Å²) >= 11 is 6.05. The molecule has 0 spiro atoms. The van der Waals surface area contributed by atoms with Crippen molar-refractivity contribution in [2.75, 3.05) is 13.2 Å². The topological polar surface area (TPSA) is 29.5 Å². The minimum absolute atomic E-state index is 0.0809. The fraction of sp³-hybridized carbons (Fsp3) is 0.316. The Balaban J connectivity index is 1.90. The van der Waals surface area contributed by atoms with E-state index in [0.29, 0.717) is 18.2 Å². The Morgan fingerprint density at radius 1 is 1.25 bits per heavy atom. The largest absolute Gasteiger partial charge is 0.369 e. The van der Waals surface area contributed by atoms with Crippen molar-refractivity contribution in [1.29, 1.82) is 0 Å². The Morgan fingerprint density at radius 3 is 2.71 bits per heavy atom. The molecule has 1 unspecified atom stereocenters. The zero-order valence-electron chi connectivity index (χ0n) is 13.6. The number of ether oxygens (including phenoxy) is 1. The van der Waals surface area contributed by atoms with Gasteiger partial charge in [0.05, 0.1) is 24.3 Å².